The van der Waals surface area contributed by atoms with E-state index in [2.05, 4.69) is 71.6 Å². The van der Waals surface area contributed by atoms with Crippen LogP contribution in [0, 0.1) is 18.8 Å². The maximum absolute atomic E-state index is 5.88. The van der Waals surface area contributed by atoms with E-state index >= 15 is 0 Å². The highest BCUT2D eigenvalue weighted by Crippen LogP contribution is 2.39. The number of hydrogen-bond donors (Lipinski definition) is 0. The van der Waals surface area contributed by atoms with Crippen LogP contribution in [-0.2, 0) is 12.8 Å². The molecule has 1 saturated carbocycles. The van der Waals surface area contributed by atoms with E-state index in [0.717, 1.165) is 29.8 Å². The molecule has 1 fully saturated rings. The zero-order valence-corrected chi connectivity index (χ0v) is 19.6. The highest BCUT2D eigenvalue weighted by molar-refractivity contribution is 6.21. The summed E-state index contributed by atoms with van der Waals surface area (Å²) in [4.78, 5) is 0. The van der Waals surface area contributed by atoms with E-state index < -0.39 is 0 Å². The Morgan fingerprint density at radius 3 is 2.07 bits per heavy atom. The molecule has 0 bridgehead atoms. The molecule has 1 aromatic rings. The molecule has 0 heterocycles. The first-order valence-corrected chi connectivity index (χ1v) is 11.2. The molecule has 0 nitrogen and oxygen atoms in total. The lowest BCUT2D eigenvalue weighted by Crippen LogP contribution is -2.22. The van der Waals surface area contributed by atoms with Gasteiger partial charge in [-0.25, -0.2) is 0 Å². The van der Waals surface area contributed by atoms with Crippen LogP contribution in [0.2, 0.25) is 0 Å². The van der Waals surface area contributed by atoms with Gasteiger partial charge in [-0.3, -0.25) is 0 Å². The fraction of sp³-hybridized carbons (Fsp3) is 0.500. The Hall–Kier alpha value is -1.76. The SMILES string of the molecule is [B]/C(C)=C/Cc1cc(C(=C)C)cc(C/C=C(\C)C(CC=C(C)C)C2CCC2)c1C. The van der Waals surface area contributed by atoms with Gasteiger partial charge in [-0.2, -0.15) is 0 Å². The second-order valence-corrected chi connectivity index (χ2v) is 9.32. The van der Waals surface area contributed by atoms with Gasteiger partial charge in [-0.1, -0.05) is 67.0 Å². The third-order valence-corrected chi connectivity index (χ3v) is 6.49. The van der Waals surface area contributed by atoms with Crippen molar-refractivity contribution in [2.45, 2.75) is 80.1 Å². The summed E-state index contributed by atoms with van der Waals surface area (Å²) < 4.78 is 0. The molecule has 0 amide bonds. The minimum absolute atomic E-state index is 0.700. The van der Waals surface area contributed by atoms with Crippen LogP contribution in [0.25, 0.3) is 5.57 Å². The molecule has 2 rings (SSSR count). The summed E-state index contributed by atoms with van der Waals surface area (Å²) in [6.07, 6.45) is 14.3. The number of rotatable bonds is 9. The van der Waals surface area contributed by atoms with E-state index in [1.807, 2.05) is 6.92 Å². The first kappa shape index (κ1) is 23.5. The van der Waals surface area contributed by atoms with E-state index in [9.17, 15) is 0 Å². The minimum atomic E-state index is 0.700. The van der Waals surface area contributed by atoms with Crippen molar-refractivity contribution in [1.29, 1.82) is 0 Å². The van der Waals surface area contributed by atoms with Crippen LogP contribution in [0.1, 0.15) is 82.6 Å². The van der Waals surface area contributed by atoms with Gasteiger partial charge in [0.05, 0.1) is 0 Å². The molecule has 1 unspecified atom stereocenters. The van der Waals surface area contributed by atoms with Crippen molar-refractivity contribution in [3.63, 3.8) is 0 Å². The van der Waals surface area contributed by atoms with Crippen LogP contribution < -0.4 is 0 Å². The van der Waals surface area contributed by atoms with Gasteiger partial charge in [0.25, 0.3) is 0 Å². The van der Waals surface area contributed by atoms with Crippen molar-refractivity contribution in [3.8, 4) is 0 Å². The maximum atomic E-state index is 5.88. The molecule has 2 radical (unpaired) electrons. The Kier molecular flexibility index (Phi) is 8.81. The molecule has 0 aromatic heterocycles. The summed E-state index contributed by atoms with van der Waals surface area (Å²) in [6, 6.07) is 4.61. The summed E-state index contributed by atoms with van der Waals surface area (Å²) in [6.45, 7) is 17.2. The van der Waals surface area contributed by atoms with Crippen LogP contribution in [-0.4, -0.2) is 7.85 Å². The molecule has 154 valence electrons. The fourth-order valence-electron chi connectivity index (χ4n) is 4.16. The van der Waals surface area contributed by atoms with Gasteiger partial charge in [0.2, 0.25) is 0 Å². The van der Waals surface area contributed by atoms with Crippen molar-refractivity contribution < 1.29 is 0 Å². The topological polar surface area (TPSA) is 0 Å². The van der Waals surface area contributed by atoms with Crippen molar-refractivity contribution in [2.24, 2.45) is 11.8 Å². The van der Waals surface area contributed by atoms with E-state index in [0.29, 0.717) is 5.92 Å². The zero-order chi connectivity index (χ0) is 21.6. The molecule has 29 heavy (non-hydrogen) atoms. The van der Waals surface area contributed by atoms with Crippen molar-refractivity contribution in [2.75, 3.05) is 0 Å². The van der Waals surface area contributed by atoms with Gasteiger partial charge < -0.3 is 0 Å². The van der Waals surface area contributed by atoms with Gasteiger partial charge in [0, 0.05) is 0 Å². The fourth-order valence-corrected chi connectivity index (χ4v) is 4.16. The van der Waals surface area contributed by atoms with Gasteiger partial charge in [0.1, 0.15) is 7.85 Å². The minimum Gasteiger partial charge on any atom is -0.124 e. The lowest BCUT2D eigenvalue weighted by molar-refractivity contribution is 0.233. The van der Waals surface area contributed by atoms with Crippen LogP contribution in [0.5, 0.6) is 0 Å². The van der Waals surface area contributed by atoms with Crippen molar-refractivity contribution in [1.82, 2.24) is 0 Å². The average molecular weight is 386 g/mol. The number of allylic oxidation sites excluding steroid dienone is 7. The number of hydrogen-bond acceptors (Lipinski definition) is 0. The lowest BCUT2D eigenvalue weighted by atomic mass is 9.71. The van der Waals surface area contributed by atoms with Crippen LogP contribution in [0.3, 0.4) is 0 Å². The molecule has 1 aliphatic rings. The first-order valence-electron chi connectivity index (χ1n) is 11.2. The zero-order valence-electron chi connectivity index (χ0n) is 19.6. The maximum Gasteiger partial charge on any atom is 0.106 e. The average Bonchev–Trinajstić information content (AvgIpc) is 2.60. The van der Waals surface area contributed by atoms with Crippen LogP contribution in [0.15, 0.2) is 53.6 Å². The molecular weight excluding hydrogens is 347 g/mol. The molecule has 1 heteroatoms. The smallest absolute Gasteiger partial charge is 0.106 e. The highest BCUT2D eigenvalue weighted by atomic mass is 14.3. The van der Waals surface area contributed by atoms with Gasteiger partial charge in [-0.05, 0) is 101 Å². The second-order valence-electron chi connectivity index (χ2n) is 9.32. The van der Waals surface area contributed by atoms with Gasteiger partial charge in [0.15, 0.2) is 0 Å². The Morgan fingerprint density at radius 1 is 1.03 bits per heavy atom. The first-order chi connectivity index (χ1) is 13.7. The molecule has 0 aliphatic heterocycles. The Bertz CT molecular complexity index is 807. The largest absolute Gasteiger partial charge is 0.124 e. The van der Waals surface area contributed by atoms with E-state index in [-0.39, 0.29) is 0 Å². The van der Waals surface area contributed by atoms with Crippen molar-refractivity contribution >= 4 is 13.4 Å². The van der Waals surface area contributed by atoms with Gasteiger partial charge in [-0.15, -0.1) is 5.47 Å². The van der Waals surface area contributed by atoms with Crippen LogP contribution >= 0.6 is 0 Å². The third-order valence-electron chi connectivity index (χ3n) is 6.49. The van der Waals surface area contributed by atoms with Crippen molar-refractivity contribution in [3.05, 3.63) is 75.8 Å². The lowest BCUT2D eigenvalue weighted by Gasteiger charge is -2.34. The third kappa shape index (κ3) is 6.91. The molecule has 0 spiro atoms. The normalized spacial score (nSPS) is 16.3. The molecule has 1 aromatic carbocycles. The molecular formula is C28H39B. The predicted molar refractivity (Wildman–Crippen MR) is 131 cm³/mol. The standard InChI is InChI=1S/C28H39B/c1-19(2)11-16-28(24-9-8-10-24)21(5)12-14-25-17-27(20(3)4)18-26(23(25)7)15-13-22(6)29/h11-13,17-18,24,28H,3,8-10,14-16H2,1-2,4-7H3/b21-12+,22-13+. The summed E-state index contributed by atoms with van der Waals surface area (Å²) in [5, 5.41) is 0. The Balaban J connectivity index is 2.29. The molecule has 0 N–H and O–H groups in total. The summed E-state index contributed by atoms with van der Waals surface area (Å²) in [5.41, 5.74) is 10.4. The molecule has 0 saturated heterocycles. The van der Waals surface area contributed by atoms with E-state index in [1.165, 1.54) is 53.5 Å². The number of benzene rings is 1. The Morgan fingerprint density at radius 2 is 1.62 bits per heavy atom. The molecule has 1 aliphatic carbocycles. The van der Waals surface area contributed by atoms with Crippen LogP contribution in [0.4, 0.5) is 0 Å². The highest BCUT2D eigenvalue weighted by Gasteiger charge is 2.27. The summed E-state index contributed by atoms with van der Waals surface area (Å²) in [5.74, 6) is 1.57. The van der Waals surface area contributed by atoms with E-state index in [4.69, 9.17) is 7.85 Å². The Labute approximate surface area is 181 Å². The quantitative estimate of drug-likeness (QED) is 0.299. The summed E-state index contributed by atoms with van der Waals surface area (Å²) >= 11 is 0. The monoisotopic (exact) mass is 386 g/mol. The van der Waals surface area contributed by atoms with Gasteiger partial charge >= 0.3 is 0 Å². The second kappa shape index (κ2) is 10.9. The van der Waals surface area contributed by atoms with E-state index in [1.54, 1.807) is 5.57 Å². The predicted octanol–water partition coefficient (Wildman–Crippen LogP) is 7.90. The summed E-state index contributed by atoms with van der Waals surface area (Å²) in [7, 11) is 5.88. The molecule has 1 atom stereocenters.